The van der Waals surface area contributed by atoms with Crippen LogP contribution in [0.4, 0.5) is 0 Å². The molecule has 4 rings (SSSR count). The highest BCUT2D eigenvalue weighted by molar-refractivity contribution is 6.00. The van der Waals surface area contributed by atoms with Gasteiger partial charge < -0.3 is 19.1 Å². The number of esters is 2. The van der Waals surface area contributed by atoms with Crippen LogP contribution in [0.3, 0.4) is 0 Å². The third-order valence-electron chi connectivity index (χ3n) is 5.75. The number of aliphatic hydroxyl groups excluding tert-OH is 1. The van der Waals surface area contributed by atoms with E-state index in [1.807, 2.05) is 18.2 Å². The molecule has 1 atom stereocenters. The highest BCUT2D eigenvalue weighted by atomic mass is 16.6. The van der Waals surface area contributed by atoms with Gasteiger partial charge in [0.05, 0.1) is 12.0 Å². The van der Waals surface area contributed by atoms with Crippen molar-refractivity contribution in [1.82, 2.24) is 4.57 Å². The Labute approximate surface area is 176 Å². The van der Waals surface area contributed by atoms with Gasteiger partial charge in [0.2, 0.25) is 0 Å². The first-order valence-corrected chi connectivity index (χ1v) is 10.5. The Morgan fingerprint density at radius 3 is 2.73 bits per heavy atom. The highest BCUT2D eigenvalue weighted by Gasteiger charge is 2.45. The molecular formula is C24H29NO5. The molecule has 1 N–H and O–H groups in total. The fourth-order valence-electron chi connectivity index (χ4n) is 3.76. The van der Waals surface area contributed by atoms with E-state index in [1.54, 1.807) is 20.8 Å². The third kappa shape index (κ3) is 4.15. The molecule has 0 radical (unpaired) electrons. The average molecular weight is 411 g/mol. The molecule has 1 aliphatic heterocycles. The number of benzene rings is 1. The van der Waals surface area contributed by atoms with Gasteiger partial charge in [-0.2, -0.15) is 0 Å². The molecule has 2 heterocycles. The number of hydrogen-bond donors (Lipinski definition) is 1. The molecule has 0 amide bonds. The Hall–Kier alpha value is -2.60. The fourth-order valence-corrected chi connectivity index (χ4v) is 3.76. The Morgan fingerprint density at radius 2 is 2.07 bits per heavy atom. The SMILES string of the molecule is CC(C)(C)C(=O)OCC1(CO)C/C(=C\c2cn(CC3CC3)c3ccccc23)C(=O)O1. The number of para-hydroxylation sites is 1. The molecule has 160 valence electrons. The van der Waals surface area contributed by atoms with Gasteiger partial charge >= 0.3 is 11.9 Å². The molecule has 2 aliphatic rings. The lowest BCUT2D eigenvalue weighted by atomic mass is 9.96. The number of aromatic nitrogens is 1. The summed E-state index contributed by atoms with van der Waals surface area (Å²) in [5.74, 6) is -0.140. The van der Waals surface area contributed by atoms with Crippen molar-refractivity contribution in [2.75, 3.05) is 13.2 Å². The molecule has 1 aromatic carbocycles. The molecule has 6 nitrogen and oxygen atoms in total. The van der Waals surface area contributed by atoms with Crippen LogP contribution in [0, 0.1) is 11.3 Å². The van der Waals surface area contributed by atoms with Crippen LogP contribution in [-0.4, -0.2) is 40.4 Å². The van der Waals surface area contributed by atoms with Crippen LogP contribution < -0.4 is 0 Å². The van der Waals surface area contributed by atoms with Gasteiger partial charge in [-0.3, -0.25) is 4.79 Å². The number of nitrogens with zero attached hydrogens (tertiary/aromatic N) is 1. The minimum atomic E-state index is -1.23. The number of aliphatic hydroxyl groups is 1. The van der Waals surface area contributed by atoms with Gasteiger partial charge in [0.15, 0.2) is 5.60 Å². The molecule has 1 aromatic heterocycles. The summed E-state index contributed by atoms with van der Waals surface area (Å²) in [6, 6.07) is 8.15. The van der Waals surface area contributed by atoms with E-state index in [0.717, 1.165) is 28.9 Å². The van der Waals surface area contributed by atoms with Crippen molar-refractivity contribution in [3.8, 4) is 0 Å². The number of hydrogen-bond acceptors (Lipinski definition) is 5. The third-order valence-corrected chi connectivity index (χ3v) is 5.75. The van der Waals surface area contributed by atoms with Crippen molar-refractivity contribution in [3.05, 3.63) is 41.6 Å². The Balaban J connectivity index is 1.58. The van der Waals surface area contributed by atoms with E-state index >= 15 is 0 Å². The minimum Gasteiger partial charge on any atom is -0.461 e. The standard InChI is InChI=1S/C24H29NO5/c1-23(2,3)22(28)29-15-24(14-26)11-17(21(27)30-24)10-18-13-25(12-16-8-9-16)20-7-5-4-6-19(18)20/h4-7,10,13,16,26H,8-9,11-12,14-15H2,1-3H3/b17-10+. The van der Waals surface area contributed by atoms with E-state index in [9.17, 15) is 14.7 Å². The second-order valence-electron chi connectivity index (χ2n) is 9.60. The summed E-state index contributed by atoms with van der Waals surface area (Å²) >= 11 is 0. The molecule has 1 saturated carbocycles. The first kappa shape index (κ1) is 20.7. The molecule has 0 spiro atoms. The van der Waals surface area contributed by atoms with Gasteiger partial charge in [-0.05, 0) is 51.7 Å². The van der Waals surface area contributed by atoms with E-state index in [1.165, 1.54) is 12.8 Å². The average Bonchev–Trinajstić information content (AvgIpc) is 3.38. The van der Waals surface area contributed by atoms with Crippen molar-refractivity contribution < 1.29 is 24.2 Å². The summed E-state index contributed by atoms with van der Waals surface area (Å²) in [5.41, 5.74) is 0.691. The summed E-state index contributed by atoms with van der Waals surface area (Å²) < 4.78 is 13.1. The molecule has 0 bridgehead atoms. The lowest BCUT2D eigenvalue weighted by Gasteiger charge is -2.26. The summed E-state index contributed by atoms with van der Waals surface area (Å²) in [7, 11) is 0. The zero-order valence-electron chi connectivity index (χ0n) is 17.8. The lowest BCUT2D eigenvalue weighted by Crippen LogP contribution is -2.40. The summed E-state index contributed by atoms with van der Waals surface area (Å²) in [4.78, 5) is 24.7. The molecule has 6 heteroatoms. The van der Waals surface area contributed by atoms with Crippen molar-refractivity contribution in [2.24, 2.45) is 11.3 Å². The van der Waals surface area contributed by atoms with Crippen LogP contribution >= 0.6 is 0 Å². The number of carbonyl (C=O) groups is 2. The van der Waals surface area contributed by atoms with Gasteiger partial charge in [0.1, 0.15) is 6.61 Å². The van der Waals surface area contributed by atoms with Crippen molar-refractivity contribution in [3.63, 3.8) is 0 Å². The Bertz CT molecular complexity index is 1010. The Kier molecular flexibility index (Phi) is 5.22. The van der Waals surface area contributed by atoms with Crippen LogP contribution in [0.15, 0.2) is 36.0 Å². The van der Waals surface area contributed by atoms with Crippen LogP contribution in [-0.2, 0) is 25.6 Å². The Morgan fingerprint density at radius 1 is 1.33 bits per heavy atom. The first-order valence-electron chi connectivity index (χ1n) is 10.5. The number of rotatable bonds is 6. The van der Waals surface area contributed by atoms with Crippen LogP contribution in [0.1, 0.15) is 45.6 Å². The van der Waals surface area contributed by atoms with Crippen molar-refractivity contribution in [1.29, 1.82) is 0 Å². The zero-order valence-corrected chi connectivity index (χ0v) is 17.8. The number of fused-ring (bicyclic) bond motifs is 1. The zero-order chi connectivity index (χ0) is 21.5. The van der Waals surface area contributed by atoms with Crippen molar-refractivity contribution >= 4 is 28.9 Å². The van der Waals surface area contributed by atoms with Gasteiger partial charge in [-0.25, -0.2) is 4.79 Å². The van der Waals surface area contributed by atoms with E-state index in [4.69, 9.17) is 9.47 Å². The maximum Gasteiger partial charge on any atom is 0.334 e. The van der Waals surface area contributed by atoms with Gasteiger partial charge in [-0.1, -0.05) is 18.2 Å². The fraction of sp³-hybridized carbons (Fsp3) is 0.500. The van der Waals surface area contributed by atoms with E-state index in [2.05, 4.69) is 22.9 Å². The highest BCUT2D eigenvalue weighted by Crippen LogP contribution is 2.36. The molecule has 30 heavy (non-hydrogen) atoms. The van der Waals surface area contributed by atoms with Crippen LogP contribution in [0.5, 0.6) is 0 Å². The second-order valence-corrected chi connectivity index (χ2v) is 9.60. The first-order chi connectivity index (χ1) is 14.2. The molecule has 2 aromatic rings. The van der Waals surface area contributed by atoms with E-state index in [0.29, 0.717) is 5.57 Å². The van der Waals surface area contributed by atoms with Crippen molar-refractivity contribution in [2.45, 2.75) is 52.2 Å². The molecule has 1 saturated heterocycles. The van der Waals surface area contributed by atoms with Crippen LogP contribution in [0.25, 0.3) is 17.0 Å². The number of carbonyl (C=O) groups excluding carboxylic acids is 2. The van der Waals surface area contributed by atoms with Gasteiger partial charge in [0, 0.05) is 41.2 Å². The van der Waals surface area contributed by atoms with Gasteiger partial charge in [0.25, 0.3) is 0 Å². The maximum absolute atomic E-state index is 12.6. The van der Waals surface area contributed by atoms with E-state index < -0.39 is 29.6 Å². The monoisotopic (exact) mass is 411 g/mol. The number of ether oxygens (including phenoxy) is 2. The molecule has 1 aliphatic carbocycles. The molecule has 2 fully saturated rings. The predicted molar refractivity (Wildman–Crippen MR) is 114 cm³/mol. The topological polar surface area (TPSA) is 77.8 Å². The molecular weight excluding hydrogens is 382 g/mol. The minimum absolute atomic E-state index is 0.161. The quantitative estimate of drug-likeness (QED) is 0.579. The second kappa shape index (κ2) is 7.58. The summed E-state index contributed by atoms with van der Waals surface area (Å²) in [6.45, 7) is 5.68. The lowest BCUT2D eigenvalue weighted by molar-refractivity contribution is -0.171. The number of cyclic esters (lactones) is 1. The van der Waals surface area contributed by atoms with Crippen LogP contribution in [0.2, 0.25) is 0 Å². The van der Waals surface area contributed by atoms with Gasteiger partial charge in [-0.15, -0.1) is 0 Å². The smallest absolute Gasteiger partial charge is 0.334 e. The largest absolute Gasteiger partial charge is 0.461 e. The predicted octanol–water partition coefficient (Wildman–Crippen LogP) is 3.70. The molecule has 1 unspecified atom stereocenters. The van der Waals surface area contributed by atoms with E-state index in [-0.39, 0.29) is 13.0 Å². The summed E-state index contributed by atoms with van der Waals surface area (Å²) in [5, 5.41) is 11.0. The maximum atomic E-state index is 12.6. The normalized spacial score (nSPS) is 23.2. The summed E-state index contributed by atoms with van der Waals surface area (Å²) in [6.07, 6.45) is 6.66.